The van der Waals surface area contributed by atoms with Gasteiger partial charge in [-0.2, -0.15) is 13.2 Å². The molecule has 1 aromatic carbocycles. The lowest BCUT2D eigenvalue weighted by Crippen LogP contribution is -2.47. The van der Waals surface area contributed by atoms with Gasteiger partial charge >= 0.3 is 6.18 Å². The first-order valence-corrected chi connectivity index (χ1v) is 8.14. The van der Waals surface area contributed by atoms with Gasteiger partial charge in [-0.05, 0) is 38.1 Å². The Bertz CT molecular complexity index is 528. The van der Waals surface area contributed by atoms with Gasteiger partial charge < -0.3 is 10.2 Å². The van der Waals surface area contributed by atoms with E-state index in [4.69, 9.17) is 0 Å². The van der Waals surface area contributed by atoms with E-state index < -0.39 is 11.7 Å². The van der Waals surface area contributed by atoms with Crippen molar-refractivity contribution in [2.45, 2.75) is 30.0 Å². The molecule has 1 heterocycles. The van der Waals surface area contributed by atoms with Gasteiger partial charge in [-0.1, -0.05) is 6.07 Å². The molecule has 3 nitrogen and oxygen atoms in total. The van der Waals surface area contributed by atoms with Crippen LogP contribution in [0.1, 0.15) is 18.4 Å². The molecule has 1 aromatic rings. The van der Waals surface area contributed by atoms with Crippen LogP contribution in [0.5, 0.6) is 0 Å². The first-order chi connectivity index (χ1) is 10.4. The van der Waals surface area contributed by atoms with Crippen LogP contribution in [0.15, 0.2) is 29.2 Å². The first-order valence-electron chi connectivity index (χ1n) is 7.15. The second-order valence-corrected chi connectivity index (χ2v) is 6.33. The predicted octanol–water partition coefficient (Wildman–Crippen LogP) is 3.43. The molecule has 1 saturated heterocycles. The zero-order valence-corrected chi connectivity index (χ0v) is 14.4. The number of hydrogen-bond acceptors (Lipinski definition) is 3. The third-order valence-electron chi connectivity index (χ3n) is 3.71. The van der Waals surface area contributed by atoms with Crippen LogP contribution in [0.3, 0.4) is 0 Å². The summed E-state index contributed by atoms with van der Waals surface area (Å²) in [6.07, 6.45) is -2.36. The second kappa shape index (κ2) is 8.80. The fourth-order valence-corrected chi connectivity index (χ4v) is 3.30. The number of piperidine rings is 1. The standard InChI is InChI=1S/C15H19F3N2OS.ClH/c1-19-12-5-3-7-20(9-12)14(21)10-22-13-6-2-4-11(8-13)15(16,17)18;/h2,4,6,8,12,19H,3,5,7,9-10H2,1H3;1H. The van der Waals surface area contributed by atoms with Gasteiger partial charge in [0.05, 0.1) is 11.3 Å². The van der Waals surface area contributed by atoms with Crippen LogP contribution in [-0.2, 0) is 11.0 Å². The molecule has 0 aromatic heterocycles. The second-order valence-electron chi connectivity index (χ2n) is 5.28. The average Bonchev–Trinajstić information content (AvgIpc) is 2.52. The highest BCUT2D eigenvalue weighted by Crippen LogP contribution is 2.32. The summed E-state index contributed by atoms with van der Waals surface area (Å²) in [5.74, 6) is 0.139. The van der Waals surface area contributed by atoms with E-state index >= 15 is 0 Å². The smallest absolute Gasteiger partial charge is 0.340 e. The van der Waals surface area contributed by atoms with E-state index in [0.717, 1.165) is 43.3 Å². The molecule has 0 aliphatic carbocycles. The lowest BCUT2D eigenvalue weighted by Gasteiger charge is -2.32. The number of carbonyl (C=O) groups is 1. The topological polar surface area (TPSA) is 32.3 Å². The molecule has 1 aliphatic rings. The van der Waals surface area contributed by atoms with Crippen molar-refractivity contribution in [1.82, 2.24) is 10.2 Å². The zero-order chi connectivity index (χ0) is 16.2. The molecule has 8 heteroatoms. The van der Waals surface area contributed by atoms with E-state index in [-0.39, 0.29) is 24.1 Å². The molecule has 0 radical (unpaired) electrons. The molecule has 23 heavy (non-hydrogen) atoms. The highest BCUT2D eigenvalue weighted by Gasteiger charge is 2.30. The van der Waals surface area contributed by atoms with Crippen molar-refractivity contribution in [3.05, 3.63) is 29.8 Å². The van der Waals surface area contributed by atoms with Crippen LogP contribution in [0.4, 0.5) is 13.2 Å². The third-order valence-corrected chi connectivity index (χ3v) is 4.68. The Balaban J connectivity index is 0.00000264. The van der Waals surface area contributed by atoms with Crippen LogP contribution in [-0.4, -0.2) is 42.7 Å². The lowest BCUT2D eigenvalue weighted by molar-refractivity contribution is -0.137. The Labute approximate surface area is 144 Å². The summed E-state index contributed by atoms with van der Waals surface area (Å²) >= 11 is 1.15. The number of halogens is 4. The Morgan fingerprint density at radius 2 is 2.17 bits per heavy atom. The van der Waals surface area contributed by atoms with E-state index in [2.05, 4.69) is 5.32 Å². The summed E-state index contributed by atoms with van der Waals surface area (Å²) in [7, 11) is 1.87. The van der Waals surface area contributed by atoms with Crippen LogP contribution in [0.2, 0.25) is 0 Å². The van der Waals surface area contributed by atoms with E-state index in [1.807, 2.05) is 7.05 Å². The SMILES string of the molecule is CNC1CCCN(C(=O)CSc2cccc(C(F)(F)F)c2)C1.Cl. The van der Waals surface area contributed by atoms with Gasteiger partial charge in [-0.25, -0.2) is 0 Å². The molecule has 1 fully saturated rings. The Morgan fingerprint density at radius 3 is 2.83 bits per heavy atom. The third kappa shape index (κ3) is 5.90. The quantitative estimate of drug-likeness (QED) is 0.826. The van der Waals surface area contributed by atoms with Crippen molar-refractivity contribution in [2.24, 2.45) is 0 Å². The monoisotopic (exact) mass is 368 g/mol. The van der Waals surface area contributed by atoms with Crippen molar-refractivity contribution in [3.63, 3.8) is 0 Å². The van der Waals surface area contributed by atoms with Gasteiger partial charge in [0.1, 0.15) is 0 Å². The molecule has 1 amide bonds. The molecule has 1 aliphatic heterocycles. The van der Waals surface area contributed by atoms with E-state index in [1.165, 1.54) is 6.07 Å². The Hall–Kier alpha value is -0.920. The van der Waals surface area contributed by atoms with Crippen LogP contribution in [0, 0.1) is 0 Å². The van der Waals surface area contributed by atoms with Gasteiger partial charge in [-0.15, -0.1) is 24.2 Å². The minimum Gasteiger partial charge on any atom is -0.340 e. The minimum atomic E-state index is -4.35. The molecule has 0 spiro atoms. The molecule has 1 unspecified atom stereocenters. The van der Waals surface area contributed by atoms with Crippen molar-refractivity contribution in [3.8, 4) is 0 Å². The van der Waals surface area contributed by atoms with Gasteiger partial charge in [0, 0.05) is 24.0 Å². The number of alkyl halides is 3. The summed E-state index contributed by atoms with van der Waals surface area (Å²) < 4.78 is 37.9. The number of rotatable bonds is 4. The van der Waals surface area contributed by atoms with Crippen molar-refractivity contribution >= 4 is 30.1 Å². The number of nitrogens with zero attached hydrogens (tertiary/aromatic N) is 1. The minimum absolute atomic E-state index is 0. The summed E-state index contributed by atoms with van der Waals surface area (Å²) in [5.41, 5.74) is -0.682. The number of nitrogens with one attached hydrogen (secondary N) is 1. The predicted molar refractivity (Wildman–Crippen MR) is 88.1 cm³/mol. The Morgan fingerprint density at radius 1 is 1.43 bits per heavy atom. The highest BCUT2D eigenvalue weighted by atomic mass is 35.5. The first kappa shape index (κ1) is 20.1. The summed E-state index contributed by atoms with van der Waals surface area (Å²) in [4.78, 5) is 14.4. The van der Waals surface area contributed by atoms with Crippen molar-refractivity contribution < 1.29 is 18.0 Å². The van der Waals surface area contributed by atoms with Gasteiger partial charge in [0.25, 0.3) is 0 Å². The number of thioether (sulfide) groups is 1. The molecule has 1 atom stereocenters. The summed E-state index contributed by atoms with van der Waals surface area (Å²) in [6, 6.07) is 5.39. The number of likely N-dealkylation sites (N-methyl/N-ethyl adjacent to an activating group) is 1. The van der Waals surface area contributed by atoms with Crippen LogP contribution in [0.25, 0.3) is 0 Å². The number of amides is 1. The zero-order valence-electron chi connectivity index (χ0n) is 12.7. The van der Waals surface area contributed by atoms with Crippen molar-refractivity contribution in [2.75, 3.05) is 25.9 Å². The number of carbonyl (C=O) groups excluding carboxylic acids is 1. The van der Waals surface area contributed by atoms with E-state index in [9.17, 15) is 18.0 Å². The number of benzene rings is 1. The van der Waals surface area contributed by atoms with Crippen LogP contribution >= 0.6 is 24.2 Å². The molecule has 0 bridgehead atoms. The maximum Gasteiger partial charge on any atom is 0.416 e. The number of hydrogen-bond donors (Lipinski definition) is 1. The number of likely N-dealkylation sites (tertiary alicyclic amines) is 1. The lowest BCUT2D eigenvalue weighted by atomic mass is 10.1. The fourth-order valence-electron chi connectivity index (χ4n) is 2.44. The van der Waals surface area contributed by atoms with E-state index in [1.54, 1.807) is 11.0 Å². The molecule has 0 saturated carbocycles. The highest BCUT2D eigenvalue weighted by molar-refractivity contribution is 8.00. The largest absolute Gasteiger partial charge is 0.416 e. The molecule has 130 valence electrons. The van der Waals surface area contributed by atoms with E-state index in [0.29, 0.717) is 17.5 Å². The maximum atomic E-state index is 12.6. The average molecular weight is 369 g/mol. The maximum absolute atomic E-state index is 12.6. The fraction of sp³-hybridized carbons (Fsp3) is 0.533. The molecule has 1 N–H and O–H groups in total. The van der Waals surface area contributed by atoms with Crippen molar-refractivity contribution in [1.29, 1.82) is 0 Å². The summed E-state index contributed by atoms with van der Waals surface area (Å²) in [6.45, 7) is 1.39. The Kier molecular flexibility index (Phi) is 7.70. The van der Waals surface area contributed by atoms with Gasteiger partial charge in [0.15, 0.2) is 0 Å². The normalized spacial score (nSPS) is 18.4. The van der Waals surface area contributed by atoms with Gasteiger partial charge in [-0.3, -0.25) is 4.79 Å². The molecular formula is C15H20ClF3N2OS. The summed E-state index contributed by atoms with van der Waals surface area (Å²) in [5, 5.41) is 3.16. The molecular weight excluding hydrogens is 349 g/mol. The molecule has 2 rings (SSSR count). The van der Waals surface area contributed by atoms with Crippen LogP contribution < -0.4 is 5.32 Å². The van der Waals surface area contributed by atoms with Gasteiger partial charge in [0.2, 0.25) is 5.91 Å².